The zero-order valence-electron chi connectivity index (χ0n) is 15.3. The fourth-order valence-corrected chi connectivity index (χ4v) is 2.99. The Balaban J connectivity index is 2.42. The maximum atomic E-state index is 12.8. The molecule has 0 aliphatic rings. The van der Waals surface area contributed by atoms with Crippen molar-refractivity contribution in [3.05, 3.63) is 63.2 Å². The predicted molar refractivity (Wildman–Crippen MR) is 112 cm³/mol. The average Bonchev–Trinajstić information content (AvgIpc) is 2.64. The van der Waals surface area contributed by atoms with Gasteiger partial charge in [0.25, 0.3) is 0 Å². The van der Waals surface area contributed by atoms with Crippen molar-refractivity contribution in [2.75, 3.05) is 12.0 Å². The first-order valence-corrected chi connectivity index (χ1v) is 9.28. The minimum absolute atomic E-state index is 0.226. The summed E-state index contributed by atoms with van der Waals surface area (Å²) >= 11 is 2.15. The molecule has 1 amide bonds. The number of hydrogen-bond donors (Lipinski definition) is 1. The third-order valence-corrected chi connectivity index (χ3v) is 4.46. The molecule has 0 fully saturated rings. The summed E-state index contributed by atoms with van der Waals surface area (Å²) in [7, 11) is 1.32. The Morgan fingerprint density at radius 2 is 1.89 bits per heavy atom. The molecule has 0 unspecified atom stereocenters. The third-order valence-electron chi connectivity index (χ3n) is 3.55. The van der Waals surface area contributed by atoms with Gasteiger partial charge in [-0.15, -0.1) is 0 Å². The fraction of sp³-hybridized carbons (Fsp3) is 0.238. The van der Waals surface area contributed by atoms with E-state index < -0.39 is 17.5 Å². The lowest BCUT2D eigenvalue weighted by atomic mass is 10.1. The number of carbonyl (C=O) groups is 2. The van der Waals surface area contributed by atoms with Crippen LogP contribution >= 0.6 is 22.6 Å². The van der Waals surface area contributed by atoms with Gasteiger partial charge in [0.1, 0.15) is 5.60 Å². The fourth-order valence-electron chi connectivity index (χ4n) is 2.31. The molecular formula is C21H20INO4. The van der Waals surface area contributed by atoms with Crippen LogP contribution in [0, 0.1) is 15.4 Å². The van der Waals surface area contributed by atoms with Crippen LogP contribution in [0.25, 0.3) is 0 Å². The molecule has 2 aromatic rings. The van der Waals surface area contributed by atoms with Gasteiger partial charge in [0.05, 0.1) is 24.9 Å². The van der Waals surface area contributed by atoms with Crippen LogP contribution in [0.3, 0.4) is 0 Å². The molecule has 140 valence electrons. The van der Waals surface area contributed by atoms with Crippen LogP contribution in [-0.2, 0) is 16.1 Å². The number of benzene rings is 2. The second kappa shape index (κ2) is 9.02. The van der Waals surface area contributed by atoms with Crippen molar-refractivity contribution in [1.82, 2.24) is 0 Å². The van der Waals surface area contributed by atoms with E-state index in [9.17, 15) is 14.7 Å². The molecule has 2 rings (SSSR count). The van der Waals surface area contributed by atoms with E-state index in [1.165, 1.54) is 25.9 Å². The quantitative estimate of drug-likeness (QED) is 0.417. The summed E-state index contributed by atoms with van der Waals surface area (Å²) in [6, 6.07) is 14.3. The Bertz CT molecular complexity index is 906. The number of ether oxygens (including phenoxy) is 1. The first-order chi connectivity index (χ1) is 12.7. The number of rotatable bonds is 4. The van der Waals surface area contributed by atoms with Gasteiger partial charge in [-0.05, 0) is 72.2 Å². The molecule has 0 atom stereocenters. The van der Waals surface area contributed by atoms with Crippen molar-refractivity contribution >= 4 is 40.2 Å². The minimum Gasteiger partial charge on any atom is -0.465 e. The molecule has 0 saturated heterocycles. The Hall–Kier alpha value is -2.37. The van der Waals surface area contributed by atoms with Gasteiger partial charge in [-0.1, -0.05) is 30.2 Å². The van der Waals surface area contributed by atoms with Crippen molar-refractivity contribution in [2.24, 2.45) is 0 Å². The van der Waals surface area contributed by atoms with E-state index in [2.05, 4.69) is 34.4 Å². The highest BCUT2D eigenvalue weighted by atomic mass is 127. The highest BCUT2D eigenvalue weighted by molar-refractivity contribution is 14.1. The van der Waals surface area contributed by atoms with Crippen molar-refractivity contribution in [2.45, 2.75) is 26.0 Å². The Morgan fingerprint density at radius 1 is 1.19 bits per heavy atom. The van der Waals surface area contributed by atoms with Crippen LogP contribution in [-0.4, -0.2) is 29.7 Å². The van der Waals surface area contributed by atoms with Crippen molar-refractivity contribution in [3.8, 4) is 11.8 Å². The van der Waals surface area contributed by atoms with Crippen molar-refractivity contribution < 1.29 is 19.4 Å². The smallest absolute Gasteiger partial charge is 0.337 e. The number of halogens is 1. The van der Waals surface area contributed by atoms with Crippen molar-refractivity contribution in [3.63, 3.8) is 0 Å². The number of amides is 1. The van der Waals surface area contributed by atoms with Gasteiger partial charge < -0.3 is 9.84 Å². The molecule has 1 N–H and O–H groups in total. The summed E-state index contributed by atoms with van der Waals surface area (Å²) < 4.78 is 5.64. The number of carbonyl (C=O) groups excluding carboxylic acids is 2. The van der Waals surface area contributed by atoms with E-state index in [0.717, 1.165) is 9.13 Å². The summed E-state index contributed by atoms with van der Waals surface area (Å²) in [6.45, 7) is 3.26. The molecule has 0 saturated carbocycles. The minimum atomic E-state index is -1.27. The number of aliphatic hydroxyl groups is 1. The molecule has 0 radical (unpaired) electrons. The number of anilines is 1. The topological polar surface area (TPSA) is 66.8 Å². The average molecular weight is 477 g/mol. The predicted octanol–water partition coefficient (Wildman–Crippen LogP) is 3.39. The summed E-state index contributed by atoms with van der Waals surface area (Å²) in [4.78, 5) is 26.1. The molecule has 0 aliphatic heterocycles. The van der Waals surface area contributed by atoms with Gasteiger partial charge in [-0.3, -0.25) is 9.69 Å². The first-order valence-electron chi connectivity index (χ1n) is 8.20. The lowest BCUT2D eigenvalue weighted by Gasteiger charge is -2.22. The van der Waals surface area contributed by atoms with Crippen LogP contribution in [0.1, 0.15) is 29.8 Å². The Kier molecular flexibility index (Phi) is 6.99. The second-order valence-electron chi connectivity index (χ2n) is 6.34. The molecule has 0 spiro atoms. The third kappa shape index (κ3) is 6.08. The SMILES string of the molecule is COC(=O)c1cccc(CN(C(=O)C#CC(C)(C)O)c2ccccc2I)c1. The summed E-state index contributed by atoms with van der Waals surface area (Å²) in [6.07, 6.45) is 0. The van der Waals surface area contributed by atoms with E-state index >= 15 is 0 Å². The molecule has 5 nitrogen and oxygen atoms in total. The zero-order chi connectivity index (χ0) is 20.0. The maximum Gasteiger partial charge on any atom is 0.337 e. The zero-order valence-corrected chi connectivity index (χ0v) is 17.5. The Morgan fingerprint density at radius 3 is 2.52 bits per heavy atom. The van der Waals surface area contributed by atoms with Crippen LogP contribution in [0.5, 0.6) is 0 Å². The van der Waals surface area contributed by atoms with E-state index in [1.54, 1.807) is 18.2 Å². The van der Waals surface area contributed by atoms with E-state index in [-0.39, 0.29) is 6.54 Å². The summed E-state index contributed by atoms with van der Waals surface area (Å²) in [5, 5.41) is 9.79. The lowest BCUT2D eigenvalue weighted by molar-refractivity contribution is -0.113. The monoisotopic (exact) mass is 477 g/mol. The molecule has 0 bridgehead atoms. The Labute approximate surface area is 172 Å². The largest absolute Gasteiger partial charge is 0.465 e. The normalized spacial score (nSPS) is 10.6. The maximum absolute atomic E-state index is 12.8. The number of nitrogens with zero attached hydrogens (tertiary/aromatic N) is 1. The molecule has 0 aliphatic carbocycles. The van der Waals surface area contributed by atoms with E-state index in [4.69, 9.17) is 4.74 Å². The molecule has 27 heavy (non-hydrogen) atoms. The number of para-hydroxylation sites is 1. The number of methoxy groups -OCH3 is 1. The van der Waals surface area contributed by atoms with E-state index in [1.807, 2.05) is 30.3 Å². The molecule has 0 aromatic heterocycles. The standard InChI is InChI=1S/C21H20INO4/c1-21(2,26)12-11-19(24)23(18-10-5-4-9-17(18)22)14-15-7-6-8-16(13-15)20(25)27-3/h4-10,13,26H,14H2,1-3H3. The van der Waals surface area contributed by atoms with Gasteiger partial charge in [0, 0.05) is 3.57 Å². The molecule has 2 aromatic carbocycles. The van der Waals surface area contributed by atoms with Crippen LogP contribution in [0.4, 0.5) is 5.69 Å². The number of esters is 1. The van der Waals surface area contributed by atoms with Crippen molar-refractivity contribution in [1.29, 1.82) is 0 Å². The van der Waals surface area contributed by atoms with Gasteiger partial charge in [0.2, 0.25) is 0 Å². The number of hydrogen-bond acceptors (Lipinski definition) is 4. The lowest BCUT2D eigenvalue weighted by Crippen LogP contribution is -2.30. The summed E-state index contributed by atoms with van der Waals surface area (Å²) in [5.41, 5.74) is 0.607. The van der Waals surface area contributed by atoms with E-state index in [0.29, 0.717) is 11.3 Å². The highest BCUT2D eigenvalue weighted by Gasteiger charge is 2.18. The molecule has 0 heterocycles. The van der Waals surface area contributed by atoms with Crippen LogP contribution < -0.4 is 4.90 Å². The van der Waals surface area contributed by atoms with Gasteiger partial charge in [-0.2, -0.15) is 0 Å². The van der Waals surface area contributed by atoms with Gasteiger partial charge in [0.15, 0.2) is 0 Å². The molecular weight excluding hydrogens is 457 g/mol. The van der Waals surface area contributed by atoms with Gasteiger partial charge in [-0.25, -0.2) is 4.79 Å². The van der Waals surface area contributed by atoms with Gasteiger partial charge >= 0.3 is 11.9 Å². The second-order valence-corrected chi connectivity index (χ2v) is 7.51. The highest BCUT2D eigenvalue weighted by Crippen LogP contribution is 2.24. The van der Waals surface area contributed by atoms with Crippen LogP contribution in [0.2, 0.25) is 0 Å². The first kappa shape index (κ1) is 20.9. The van der Waals surface area contributed by atoms with Crippen LogP contribution in [0.15, 0.2) is 48.5 Å². The summed E-state index contributed by atoms with van der Waals surface area (Å²) in [5.74, 6) is 4.18. The molecule has 6 heteroatoms.